The second-order valence-electron chi connectivity index (χ2n) is 4.95. The van der Waals surface area contributed by atoms with E-state index < -0.39 is 0 Å². The van der Waals surface area contributed by atoms with Crippen molar-refractivity contribution in [3.05, 3.63) is 71.8 Å². The van der Waals surface area contributed by atoms with Crippen molar-refractivity contribution < 1.29 is 0 Å². The molecule has 1 aromatic heterocycles. The Hall–Kier alpha value is -2.94. The fraction of sp³-hybridized carbons (Fsp3) is 0. The minimum Gasteiger partial charge on any atom is -0.197 e. The van der Waals surface area contributed by atoms with Crippen LogP contribution >= 0.6 is 0 Å². The number of aromatic nitrogens is 3. The number of H-pyrrole nitrogens is 1. The Morgan fingerprint density at radius 2 is 1.52 bits per heavy atom. The molecule has 3 heteroatoms. The summed E-state index contributed by atoms with van der Waals surface area (Å²) in [5, 5.41) is 13.6. The van der Waals surface area contributed by atoms with Gasteiger partial charge in [0, 0.05) is 10.9 Å². The molecule has 3 nitrogen and oxygen atoms in total. The molecule has 0 spiro atoms. The number of fused-ring (bicyclic) bond motifs is 3. The first-order valence-corrected chi connectivity index (χ1v) is 6.87. The molecular formula is C18H13N3. The average molecular weight is 271 g/mol. The van der Waals surface area contributed by atoms with E-state index in [2.05, 4.69) is 57.9 Å². The second-order valence-corrected chi connectivity index (χ2v) is 4.95. The number of benzene rings is 3. The van der Waals surface area contributed by atoms with Gasteiger partial charge in [-0.05, 0) is 17.0 Å². The van der Waals surface area contributed by atoms with Crippen molar-refractivity contribution in [3.8, 4) is 0 Å². The third-order valence-electron chi connectivity index (χ3n) is 3.60. The first kappa shape index (κ1) is 11.9. The van der Waals surface area contributed by atoms with E-state index in [1.807, 2.05) is 30.3 Å². The van der Waals surface area contributed by atoms with Gasteiger partial charge in [-0.15, -0.1) is 0 Å². The maximum Gasteiger partial charge on any atom is 0.121 e. The van der Waals surface area contributed by atoms with Gasteiger partial charge in [0.15, 0.2) is 0 Å². The topological polar surface area (TPSA) is 41.6 Å². The first-order valence-electron chi connectivity index (χ1n) is 6.87. The number of hydrogen-bond acceptors (Lipinski definition) is 2. The summed E-state index contributed by atoms with van der Waals surface area (Å²) in [7, 11) is 0. The Morgan fingerprint density at radius 1 is 0.762 bits per heavy atom. The predicted molar refractivity (Wildman–Crippen MR) is 86.8 cm³/mol. The lowest BCUT2D eigenvalue weighted by Gasteiger charge is -2.01. The molecule has 0 bridgehead atoms. The predicted octanol–water partition coefficient (Wildman–Crippen LogP) is 4.28. The summed E-state index contributed by atoms with van der Waals surface area (Å²) in [6, 6.07) is 20.6. The fourth-order valence-corrected chi connectivity index (χ4v) is 2.57. The van der Waals surface area contributed by atoms with Gasteiger partial charge in [0.1, 0.15) is 11.0 Å². The van der Waals surface area contributed by atoms with Crippen LogP contribution in [0.4, 0.5) is 0 Å². The lowest BCUT2D eigenvalue weighted by molar-refractivity contribution is 0.960. The molecule has 0 aliphatic heterocycles. The minimum absolute atomic E-state index is 0.904. The van der Waals surface area contributed by atoms with Crippen LogP contribution in [-0.4, -0.2) is 15.4 Å². The van der Waals surface area contributed by atoms with Gasteiger partial charge < -0.3 is 0 Å². The van der Waals surface area contributed by atoms with E-state index in [1.54, 1.807) is 0 Å². The average Bonchev–Trinajstić information content (AvgIpc) is 3.04. The number of nitrogens with zero attached hydrogens (tertiary/aromatic N) is 2. The molecule has 0 fully saturated rings. The quantitative estimate of drug-likeness (QED) is 0.553. The molecule has 4 rings (SSSR count). The standard InChI is InChI=1S/C18H13N3/c1-2-6-13(7-3-1)10-11-15-12-14-8-4-5-9-16(14)18-17(15)19-21-20-18/h1-12H,(H,19,20,21). The van der Waals surface area contributed by atoms with E-state index in [0.29, 0.717) is 0 Å². The van der Waals surface area contributed by atoms with Gasteiger partial charge in [-0.1, -0.05) is 66.7 Å². The first-order chi connectivity index (χ1) is 10.4. The molecule has 21 heavy (non-hydrogen) atoms. The van der Waals surface area contributed by atoms with Gasteiger partial charge in [-0.2, -0.15) is 15.4 Å². The van der Waals surface area contributed by atoms with Crippen molar-refractivity contribution in [3.63, 3.8) is 0 Å². The molecule has 0 aliphatic carbocycles. The van der Waals surface area contributed by atoms with Gasteiger partial charge in [-0.25, -0.2) is 0 Å². The molecule has 0 radical (unpaired) electrons. The van der Waals surface area contributed by atoms with E-state index in [4.69, 9.17) is 0 Å². The number of nitrogens with one attached hydrogen (secondary N) is 1. The molecule has 0 atom stereocenters. The van der Waals surface area contributed by atoms with Gasteiger partial charge in [0.05, 0.1) is 0 Å². The molecule has 1 N–H and O–H groups in total. The van der Waals surface area contributed by atoms with Crippen LogP contribution in [0.25, 0.3) is 34.0 Å². The largest absolute Gasteiger partial charge is 0.197 e. The van der Waals surface area contributed by atoms with Crippen LogP contribution in [0.2, 0.25) is 0 Å². The monoisotopic (exact) mass is 271 g/mol. The van der Waals surface area contributed by atoms with Gasteiger partial charge in [-0.3, -0.25) is 0 Å². The van der Waals surface area contributed by atoms with Crippen molar-refractivity contribution in [2.45, 2.75) is 0 Å². The number of hydrogen-bond donors (Lipinski definition) is 1. The molecule has 100 valence electrons. The molecule has 4 aromatic rings. The van der Waals surface area contributed by atoms with Crippen molar-refractivity contribution in [2.75, 3.05) is 0 Å². The summed E-state index contributed by atoms with van der Waals surface area (Å²) < 4.78 is 0. The normalized spacial score (nSPS) is 11.6. The summed E-state index contributed by atoms with van der Waals surface area (Å²) in [6.07, 6.45) is 4.19. The van der Waals surface area contributed by atoms with Crippen LogP contribution in [0.1, 0.15) is 11.1 Å². The Labute approximate surface area is 121 Å². The van der Waals surface area contributed by atoms with Crippen molar-refractivity contribution >= 4 is 34.0 Å². The highest BCUT2D eigenvalue weighted by Gasteiger charge is 2.07. The molecule has 0 saturated heterocycles. The zero-order chi connectivity index (χ0) is 14.1. The van der Waals surface area contributed by atoms with Gasteiger partial charge in [0.25, 0.3) is 0 Å². The Kier molecular flexibility index (Phi) is 2.75. The minimum atomic E-state index is 0.904. The van der Waals surface area contributed by atoms with Crippen LogP contribution in [0.5, 0.6) is 0 Å². The maximum atomic E-state index is 4.29. The van der Waals surface area contributed by atoms with Crippen LogP contribution in [0.15, 0.2) is 60.7 Å². The van der Waals surface area contributed by atoms with E-state index in [-0.39, 0.29) is 0 Å². The number of rotatable bonds is 2. The molecule has 0 unspecified atom stereocenters. The van der Waals surface area contributed by atoms with E-state index in [9.17, 15) is 0 Å². The highest BCUT2D eigenvalue weighted by Crippen LogP contribution is 2.26. The van der Waals surface area contributed by atoms with E-state index in [0.717, 1.165) is 22.0 Å². The SMILES string of the molecule is C(=Cc1cc2ccccc2c2n[nH]nc12)c1ccccc1. The molecule has 1 heterocycles. The highest BCUT2D eigenvalue weighted by molar-refractivity contribution is 6.07. The molecule has 3 aromatic carbocycles. The third kappa shape index (κ3) is 2.09. The van der Waals surface area contributed by atoms with Crippen molar-refractivity contribution in [2.24, 2.45) is 0 Å². The summed E-state index contributed by atoms with van der Waals surface area (Å²) in [5.41, 5.74) is 4.06. The van der Waals surface area contributed by atoms with Crippen molar-refractivity contribution in [1.29, 1.82) is 0 Å². The van der Waals surface area contributed by atoms with Crippen LogP contribution in [0.3, 0.4) is 0 Å². The van der Waals surface area contributed by atoms with Crippen molar-refractivity contribution in [1.82, 2.24) is 15.4 Å². The fourth-order valence-electron chi connectivity index (χ4n) is 2.57. The molecule has 0 amide bonds. The summed E-state index contributed by atoms with van der Waals surface area (Å²) >= 11 is 0. The van der Waals surface area contributed by atoms with Gasteiger partial charge in [0.2, 0.25) is 0 Å². The van der Waals surface area contributed by atoms with E-state index >= 15 is 0 Å². The molecular weight excluding hydrogens is 258 g/mol. The lowest BCUT2D eigenvalue weighted by atomic mass is 10.0. The zero-order valence-electron chi connectivity index (χ0n) is 11.3. The smallest absolute Gasteiger partial charge is 0.121 e. The molecule has 0 aliphatic rings. The second kappa shape index (κ2) is 4.87. The number of aromatic amines is 1. The Balaban J connectivity index is 1.91. The van der Waals surface area contributed by atoms with Crippen LogP contribution in [-0.2, 0) is 0 Å². The van der Waals surface area contributed by atoms with Crippen LogP contribution < -0.4 is 0 Å². The highest BCUT2D eigenvalue weighted by atomic mass is 15.3. The maximum absolute atomic E-state index is 4.29. The molecule has 0 saturated carbocycles. The van der Waals surface area contributed by atoms with Gasteiger partial charge >= 0.3 is 0 Å². The Morgan fingerprint density at radius 3 is 2.43 bits per heavy atom. The lowest BCUT2D eigenvalue weighted by Crippen LogP contribution is -1.81. The van der Waals surface area contributed by atoms with E-state index in [1.165, 1.54) is 10.9 Å². The summed E-state index contributed by atoms with van der Waals surface area (Å²) in [6.45, 7) is 0. The van der Waals surface area contributed by atoms with Crippen LogP contribution in [0, 0.1) is 0 Å². The summed E-state index contributed by atoms with van der Waals surface area (Å²) in [4.78, 5) is 0. The summed E-state index contributed by atoms with van der Waals surface area (Å²) in [5.74, 6) is 0. The Bertz CT molecular complexity index is 936. The third-order valence-corrected chi connectivity index (χ3v) is 3.60. The zero-order valence-corrected chi connectivity index (χ0v) is 11.3.